The predicted molar refractivity (Wildman–Crippen MR) is 123 cm³/mol. The number of hydrazone groups is 1. The highest BCUT2D eigenvalue weighted by Gasteiger charge is 2.16. The van der Waals surface area contributed by atoms with Gasteiger partial charge in [0.1, 0.15) is 0 Å². The number of fused-ring (bicyclic) bond motifs is 2. The molecule has 4 aromatic carbocycles. The average molecular weight is 414 g/mol. The minimum atomic E-state index is -0.389. The van der Waals surface area contributed by atoms with Crippen LogP contribution in [0.4, 0.5) is 0 Å². The number of carbonyl (C=O) groups excluding carboxylic acids is 1. The van der Waals surface area contributed by atoms with Crippen molar-refractivity contribution in [1.29, 1.82) is 0 Å². The third-order valence-corrected chi connectivity index (χ3v) is 5.10. The summed E-state index contributed by atoms with van der Waals surface area (Å²) in [5.41, 5.74) is 3.88. The van der Waals surface area contributed by atoms with Gasteiger partial charge in [0, 0.05) is 11.1 Å². The second-order valence-electron chi connectivity index (χ2n) is 6.85. The molecule has 0 aromatic heterocycles. The molecule has 0 radical (unpaired) electrons. The number of methoxy groups -OCH3 is 3. The molecular weight excluding hydrogens is 392 g/mol. The van der Waals surface area contributed by atoms with Crippen molar-refractivity contribution in [2.75, 3.05) is 21.3 Å². The van der Waals surface area contributed by atoms with E-state index in [0.717, 1.165) is 27.1 Å². The maximum Gasteiger partial charge on any atom is 0.271 e. The molecule has 1 N–H and O–H groups in total. The lowest BCUT2D eigenvalue weighted by molar-refractivity contribution is 0.0954. The molecule has 4 aromatic rings. The van der Waals surface area contributed by atoms with E-state index in [4.69, 9.17) is 14.2 Å². The normalized spacial score (nSPS) is 11.1. The lowest BCUT2D eigenvalue weighted by Gasteiger charge is -2.13. The Bertz CT molecular complexity index is 1220. The molecule has 0 fully saturated rings. The Morgan fingerprint density at radius 1 is 0.806 bits per heavy atom. The molecule has 0 unspecified atom stereocenters. The molecule has 0 aliphatic heterocycles. The smallest absolute Gasteiger partial charge is 0.271 e. The van der Waals surface area contributed by atoms with E-state index in [2.05, 4.69) is 28.7 Å². The number of ether oxygens (including phenoxy) is 3. The largest absolute Gasteiger partial charge is 0.493 e. The number of carbonyl (C=O) groups is 1. The molecule has 0 heterocycles. The second-order valence-corrected chi connectivity index (χ2v) is 6.85. The van der Waals surface area contributed by atoms with Crippen molar-refractivity contribution >= 4 is 33.7 Å². The van der Waals surface area contributed by atoms with E-state index in [1.54, 1.807) is 18.3 Å². The van der Waals surface area contributed by atoms with Crippen molar-refractivity contribution in [2.24, 2.45) is 5.10 Å². The van der Waals surface area contributed by atoms with Gasteiger partial charge in [-0.1, -0.05) is 48.5 Å². The summed E-state index contributed by atoms with van der Waals surface area (Å²) in [5.74, 6) is 0.833. The molecule has 0 atom stereocenters. The number of rotatable bonds is 6. The molecule has 1 amide bonds. The Hall–Kier alpha value is -4.06. The second kappa shape index (κ2) is 8.75. The summed E-state index contributed by atoms with van der Waals surface area (Å²) in [6.45, 7) is 0. The summed E-state index contributed by atoms with van der Waals surface area (Å²) in [4.78, 5) is 12.7. The number of hydrogen-bond acceptors (Lipinski definition) is 5. The standard InChI is InChI=1S/C25H22N2O4/c1-29-22-13-18(14-23(30-2)24(22)31-3)25(28)27-26-15-21-19-10-6-4-8-16(19)12-17-9-5-7-11-20(17)21/h4-15H,1-3H3,(H,27,28)/b26-15+. The van der Waals surface area contributed by atoms with Gasteiger partial charge in [0.15, 0.2) is 11.5 Å². The van der Waals surface area contributed by atoms with Crippen molar-refractivity contribution in [2.45, 2.75) is 0 Å². The van der Waals surface area contributed by atoms with Gasteiger partial charge in [-0.3, -0.25) is 4.79 Å². The number of amides is 1. The summed E-state index contributed by atoms with van der Waals surface area (Å²) in [6.07, 6.45) is 1.68. The van der Waals surface area contributed by atoms with Crippen LogP contribution in [0.2, 0.25) is 0 Å². The number of nitrogens with one attached hydrogen (secondary N) is 1. The van der Waals surface area contributed by atoms with Crippen LogP contribution in [0, 0.1) is 0 Å². The summed E-state index contributed by atoms with van der Waals surface area (Å²) in [5, 5.41) is 8.58. The minimum Gasteiger partial charge on any atom is -0.493 e. The molecule has 0 bridgehead atoms. The summed E-state index contributed by atoms with van der Waals surface area (Å²) < 4.78 is 15.9. The molecule has 0 aliphatic rings. The van der Waals surface area contributed by atoms with Crippen molar-refractivity contribution in [3.63, 3.8) is 0 Å². The Kier molecular flexibility index (Phi) is 5.71. The van der Waals surface area contributed by atoms with Crippen LogP contribution in [0.15, 0.2) is 71.8 Å². The Labute approximate surface area is 180 Å². The van der Waals surface area contributed by atoms with E-state index in [1.165, 1.54) is 21.3 Å². The van der Waals surface area contributed by atoms with Crippen LogP contribution in [-0.2, 0) is 0 Å². The van der Waals surface area contributed by atoms with Crippen molar-refractivity contribution in [3.8, 4) is 17.2 Å². The number of benzene rings is 4. The monoisotopic (exact) mass is 414 g/mol. The Balaban J connectivity index is 1.68. The van der Waals surface area contributed by atoms with E-state index in [0.29, 0.717) is 22.8 Å². The SMILES string of the molecule is COc1cc(C(=O)N/N=C/c2c3ccccc3cc3ccccc23)cc(OC)c1OC. The van der Waals surface area contributed by atoms with Crippen molar-refractivity contribution in [3.05, 3.63) is 77.9 Å². The van der Waals surface area contributed by atoms with Gasteiger partial charge >= 0.3 is 0 Å². The first-order chi connectivity index (χ1) is 15.2. The van der Waals surface area contributed by atoms with Gasteiger partial charge in [-0.15, -0.1) is 0 Å². The maximum absolute atomic E-state index is 12.7. The fourth-order valence-electron chi connectivity index (χ4n) is 3.62. The molecule has 6 nitrogen and oxygen atoms in total. The highest BCUT2D eigenvalue weighted by molar-refractivity contribution is 6.13. The summed E-state index contributed by atoms with van der Waals surface area (Å²) in [7, 11) is 4.52. The number of nitrogens with zero attached hydrogens (tertiary/aromatic N) is 1. The molecule has 0 aliphatic carbocycles. The highest BCUT2D eigenvalue weighted by atomic mass is 16.5. The van der Waals surface area contributed by atoms with E-state index >= 15 is 0 Å². The molecule has 0 saturated carbocycles. The van der Waals surface area contributed by atoms with Gasteiger partial charge in [0.25, 0.3) is 5.91 Å². The zero-order chi connectivity index (χ0) is 21.8. The van der Waals surface area contributed by atoms with Gasteiger partial charge in [-0.25, -0.2) is 5.43 Å². The van der Waals surface area contributed by atoms with Crippen LogP contribution in [0.1, 0.15) is 15.9 Å². The van der Waals surface area contributed by atoms with Gasteiger partial charge in [0.2, 0.25) is 5.75 Å². The highest BCUT2D eigenvalue weighted by Crippen LogP contribution is 2.38. The van der Waals surface area contributed by atoms with Gasteiger partial charge in [-0.05, 0) is 39.7 Å². The fraction of sp³-hybridized carbons (Fsp3) is 0.120. The van der Waals surface area contributed by atoms with Crippen LogP contribution in [-0.4, -0.2) is 33.5 Å². The lowest BCUT2D eigenvalue weighted by atomic mass is 9.97. The molecule has 0 spiro atoms. The van der Waals surface area contributed by atoms with E-state index in [-0.39, 0.29) is 5.91 Å². The molecular formula is C25H22N2O4. The van der Waals surface area contributed by atoms with Gasteiger partial charge in [-0.2, -0.15) is 5.10 Å². The van der Waals surface area contributed by atoms with Crippen LogP contribution in [0.3, 0.4) is 0 Å². The van der Waals surface area contributed by atoms with Crippen LogP contribution < -0.4 is 19.6 Å². The first-order valence-corrected chi connectivity index (χ1v) is 9.70. The van der Waals surface area contributed by atoms with Crippen LogP contribution in [0.25, 0.3) is 21.5 Å². The maximum atomic E-state index is 12.7. The predicted octanol–water partition coefficient (Wildman–Crippen LogP) is 4.78. The van der Waals surface area contributed by atoms with Gasteiger partial charge < -0.3 is 14.2 Å². The Morgan fingerprint density at radius 3 is 1.87 bits per heavy atom. The molecule has 6 heteroatoms. The number of hydrogen-bond donors (Lipinski definition) is 1. The first kappa shape index (κ1) is 20.2. The lowest BCUT2D eigenvalue weighted by Crippen LogP contribution is -2.18. The van der Waals surface area contributed by atoms with E-state index in [9.17, 15) is 4.79 Å². The van der Waals surface area contributed by atoms with E-state index in [1.807, 2.05) is 36.4 Å². The summed E-state index contributed by atoms with van der Waals surface area (Å²) >= 11 is 0. The fourth-order valence-corrected chi connectivity index (χ4v) is 3.62. The molecule has 4 rings (SSSR count). The molecule has 156 valence electrons. The Morgan fingerprint density at radius 2 is 1.35 bits per heavy atom. The van der Waals surface area contributed by atoms with Crippen LogP contribution in [0.5, 0.6) is 17.2 Å². The average Bonchev–Trinajstić information content (AvgIpc) is 2.82. The molecule has 31 heavy (non-hydrogen) atoms. The van der Waals surface area contributed by atoms with Crippen LogP contribution >= 0.6 is 0 Å². The van der Waals surface area contributed by atoms with Gasteiger partial charge in [0.05, 0.1) is 27.5 Å². The topological polar surface area (TPSA) is 69.2 Å². The minimum absolute atomic E-state index is 0.342. The van der Waals surface area contributed by atoms with E-state index < -0.39 is 0 Å². The van der Waals surface area contributed by atoms with Crippen molar-refractivity contribution < 1.29 is 19.0 Å². The third-order valence-electron chi connectivity index (χ3n) is 5.10. The quantitative estimate of drug-likeness (QED) is 0.280. The molecule has 0 saturated heterocycles. The zero-order valence-corrected chi connectivity index (χ0v) is 17.5. The summed E-state index contributed by atoms with van der Waals surface area (Å²) in [6, 6.07) is 21.5. The first-order valence-electron chi connectivity index (χ1n) is 9.70. The third kappa shape index (κ3) is 3.88. The van der Waals surface area contributed by atoms with Crippen molar-refractivity contribution in [1.82, 2.24) is 5.43 Å². The zero-order valence-electron chi connectivity index (χ0n) is 17.5.